The van der Waals surface area contributed by atoms with Crippen molar-refractivity contribution in [3.05, 3.63) is 126 Å². The molecule has 0 amide bonds. The van der Waals surface area contributed by atoms with Crippen molar-refractivity contribution in [1.82, 2.24) is 4.57 Å². The van der Waals surface area contributed by atoms with Crippen molar-refractivity contribution >= 4 is 38.3 Å². The molecule has 0 unspecified atom stereocenters. The van der Waals surface area contributed by atoms with Gasteiger partial charge in [0.25, 0.3) is 0 Å². The first-order chi connectivity index (χ1) is 18.6. The van der Waals surface area contributed by atoms with Gasteiger partial charge in [-0.3, -0.25) is 0 Å². The Balaban J connectivity index is 1.26. The molecule has 0 atom stereocenters. The van der Waals surface area contributed by atoms with Crippen molar-refractivity contribution in [3.8, 4) is 22.3 Å². The first kappa shape index (κ1) is 21.7. The monoisotopic (exact) mass is 487 g/mol. The third-order valence-corrected chi connectivity index (χ3v) is 8.90. The third kappa shape index (κ3) is 2.99. The second-order valence-corrected chi connectivity index (χ2v) is 11.3. The Morgan fingerprint density at radius 2 is 1.34 bits per heavy atom. The molecule has 1 heteroatoms. The topological polar surface area (TPSA) is 4.93 Å². The zero-order valence-corrected chi connectivity index (χ0v) is 21.8. The van der Waals surface area contributed by atoms with E-state index in [1.807, 2.05) is 0 Å². The molecule has 0 spiro atoms. The maximum atomic E-state index is 2.53. The van der Waals surface area contributed by atoms with Gasteiger partial charge < -0.3 is 4.57 Å². The molecule has 0 fully saturated rings. The van der Waals surface area contributed by atoms with Crippen molar-refractivity contribution in [1.29, 1.82) is 0 Å². The largest absolute Gasteiger partial charge is 0.309 e. The standard InChI is InChI=1S/C37H29N/c1-37(2)32-11-5-6-13-35(32)38-34-21-20-29(23-31(34)30-10-7-12-33(37)36(30)38)26-16-14-25(15-17-26)28-19-18-24-8-3-4-9-27(24)22-28/h3-4,6-10,12-23H,5,11H2,1-2H3. The van der Waals surface area contributed by atoms with E-state index in [1.54, 1.807) is 5.57 Å². The van der Waals surface area contributed by atoms with Crippen molar-refractivity contribution in [2.24, 2.45) is 0 Å². The van der Waals surface area contributed by atoms with Crippen molar-refractivity contribution in [2.45, 2.75) is 32.1 Å². The highest BCUT2D eigenvalue weighted by atomic mass is 15.0. The van der Waals surface area contributed by atoms with Gasteiger partial charge in [0.1, 0.15) is 0 Å². The van der Waals surface area contributed by atoms with E-state index in [-0.39, 0.29) is 5.41 Å². The summed E-state index contributed by atoms with van der Waals surface area (Å²) in [6.07, 6.45) is 6.96. The minimum atomic E-state index is 0.0470. The summed E-state index contributed by atoms with van der Waals surface area (Å²) in [6, 6.07) is 38.2. The maximum Gasteiger partial charge on any atom is 0.0581 e. The van der Waals surface area contributed by atoms with Gasteiger partial charge in [0.2, 0.25) is 0 Å². The fraction of sp³-hybridized carbons (Fsp3) is 0.135. The SMILES string of the molecule is CC1(C)C2=C(C=CCC2)n2c3ccc(-c4ccc(-c5ccc6ccccc6c5)cc4)cc3c3cccc1c32. The maximum absolute atomic E-state index is 2.53. The van der Waals surface area contributed by atoms with Gasteiger partial charge in [0, 0.05) is 21.9 Å². The normalized spacial score (nSPS) is 15.9. The predicted molar refractivity (Wildman–Crippen MR) is 162 cm³/mol. The number of aromatic nitrogens is 1. The fourth-order valence-electron chi connectivity index (χ4n) is 6.88. The Morgan fingerprint density at radius 1 is 0.632 bits per heavy atom. The lowest BCUT2D eigenvalue weighted by Gasteiger charge is -2.37. The Hall–Kier alpha value is -4.36. The van der Waals surface area contributed by atoms with Crippen molar-refractivity contribution in [2.75, 3.05) is 0 Å². The second kappa shape index (κ2) is 7.82. The van der Waals surface area contributed by atoms with Crippen LogP contribution in [0.15, 0.2) is 121 Å². The molecule has 1 aromatic heterocycles. The minimum Gasteiger partial charge on any atom is -0.309 e. The molecular formula is C37H29N. The molecule has 0 radical (unpaired) electrons. The zero-order chi connectivity index (χ0) is 25.4. The first-order valence-electron chi connectivity index (χ1n) is 13.7. The van der Waals surface area contributed by atoms with E-state index in [2.05, 4.69) is 134 Å². The van der Waals surface area contributed by atoms with E-state index >= 15 is 0 Å². The molecular weight excluding hydrogens is 458 g/mol. The van der Waals surface area contributed by atoms with Crippen LogP contribution in [-0.4, -0.2) is 4.57 Å². The van der Waals surface area contributed by atoms with Crippen LogP contribution in [0.1, 0.15) is 32.3 Å². The van der Waals surface area contributed by atoms with E-state index < -0.39 is 0 Å². The van der Waals surface area contributed by atoms with Crippen LogP contribution in [-0.2, 0) is 5.41 Å². The van der Waals surface area contributed by atoms with Crippen molar-refractivity contribution < 1.29 is 0 Å². The molecule has 0 saturated heterocycles. The molecule has 0 N–H and O–H groups in total. The van der Waals surface area contributed by atoms with Gasteiger partial charge in [0.05, 0.1) is 11.0 Å². The molecule has 1 aliphatic heterocycles. The van der Waals surface area contributed by atoms with E-state index in [4.69, 9.17) is 0 Å². The van der Waals surface area contributed by atoms with Crippen LogP contribution in [0.2, 0.25) is 0 Å². The number of hydrogen-bond donors (Lipinski definition) is 0. The molecule has 182 valence electrons. The molecule has 1 aliphatic carbocycles. The van der Waals surface area contributed by atoms with Gasteiger partial charge >= 0.3 is 0 Å². The van der Waals surface area contributed by atoms with Gasteiger partial charge in [-0.15, -0.1) is 0 Å². The van der Waals surface area contributed by atoms with Crippen LogP contribution in [0, 0.1) is 0 Å². The number of allylic oxidation sites excluding steroid dienone is 4. The first-order valence-corrected chi connectivity index (χ1v) is 13.7. The number of hydrogen-bond acceptors (Lipinski definition) is 0. The fourth-order valence-corrected chi connectivity index (χ4v) is 6.88. The molecule has 2 heterocycles. The van der Waals surface area contributed by atoms with Gasteiger partial charge in [-0.2, -0.15) is 0 Å². The summed E-state index contributed by atoms with van der Waals surface area (Å²) >= 11 is 0. The molecule has 8 rings (SSSR count). The zero-order valence-electron chi connectivity index (χ0n) is 21.8. The average molecular weight is 488 g/mol. The number of benzene rings is 5. The van der Waals surface area contributed by atoms with Crippen LogP contribution >= 0.6 is 0 Å². The highest BCUT2D eigenvalue weighted by Crippen LogP contribution is 2.50. The van der Waals surface area contributed by atoms with Crippen LogP contribution in [0.4, 0.5) is 0 Å². The van der Waals surface area contributed by atoms with Gasteiger partial charge in [-0.25, -0.2) is 0 Å². The van der Waals surface area contributed by atoms with E-state index in [9.17, 15) is 0 Å². The Morgan fingerprint density at radius 3 is 2.16 bits per heavy atom. The molecule has 0 bridgehead atoms. The summed E-state index contributed by atoms with van der Waals surface area (Å²) in [5.41, 5.74) is 12.1. The highest BCUT2D eigenvalue weighted by Gasteiger charge is 2.36. The Labute approximate surface area is 223 Å². The lowest BCUT2D eigenvalue weighted by molar-refractivity contribution is 0.585. The number of nitrogens with zero attached hydrogens (tertiary/aromatic N) is 1. The van der Waals surface area contributed by atoms with Crippen molar-refractivity contribution in [3.63, 3.8) is 0 Å². The van der Waals surface area contributed by atoms with Crippen LogP contribution in [0.25, 0.3) is 60.5 Å². The molecule has 0 saturated carbocycles. The van der Waals surface area contributed by atoms with Crippen LogP contribution in [0.3, 0.4) is 0 Å². The lowest BCUT2D eigenvalue weighted by Crippen LogP contribution is -2.28. The van der Waals surface area contributed by atoms with Gasteiger partial charge in [0.15, 0.2) is 0 Å². The number of fused-ring (bicyclic) bond motifs is 5. The summed E-state index contributed by atoms with van der Waals surface area (Å²) in [5.74, 6) is 0. The Kier molecular flexibility index (Phi) is 4.47. The van der Waals surface area contributed by atoms with E-state index in [0.717, 1.165) is 12.8 Å². The number of rotatable bonds is 2. The summed E-state index contributed by atoms with van der Waals surface area (Å²) in [5, 5.41) is 5.25. The average Bonchev–Trinajstić information content (AvgIpc) is 3.30. The Bertz CT molecular complexity index is 1980. The van der Waals surface area contributed by atoms with Crippen LogP contribution < -0.4 is 0 Å². The predicted octanol–water partition coefficient (Wildman–Crippen LogP) is 10.1. The minimum absolute atomic E-state index is 0.0470. The molecule has 6 aromatic rings. The molecule has 2 aliphatic rings. The summed E-state index contributed by atoms with van der Waals surface area (Å²) in [6.45, 7) is 4.81. The van der Waals surface area contributed by atoms with Gasteiger partial charge in [-0.05, 0) is 81.3 Å². The third-order valence-electron chi connectivity index (χ3n) is 8.90. The second-order valence-electron chi connectivity index (χ2n) is 11.3. The quantitative estimate of drug-likeness (QED) is 0.229. The molecule has 38 heavy (non-hydrogen) atoms. The smallest absolute Gasteiger partial charge is 0.0581 e. The summed E-state index contributed by atoms with van der Waals surface area (Å²) in [7, 11) is 0. The summed E-state index contributed by atoms with van der Waals surface area (Å²) in [4.78, 5) is 0. The van der Waals surface area contributed by atoms with E-state index in [1.165, 1.54) is 66.1 Å². The molecule has 1 nitrogen and oxygen atoms in total. The van der Waals surface area contributed by atoms with Gasteiger partial charge in [-0.1, -0.05) is 105 Å². The lowest BCUT2D eigenvalue weighted by atomic mass is 9.71. The number of para-hydroxylation sites is 1. The summed E-state index contributed by atoms with van der Waals surface area (Å²) < 4.78 is 2.53. The highest BCUT2D eigenvalue weighted by molar-refractivity contribution is 6.14. The van der Waals surface area contributed by atoms with Crippen LogP contribution in [0.5, 0.6) is 0 Å². The molecule has 5 aromatic carbocycles. The van der Waals surface area contributed by atoms with E-state index in [0.29, 0.717) is 0 Å².